The van der Waals surface area contributed by atoms with E-state index in [0.717, 1.165) is 27.6 Å². The van der Waals surface area contributed by atoms with Crippen molar-refractivity contribution in [2.24, 2.45) is 0 Å². The Morgan fingerprint density at radius 3 is 3.00 bits per heavy atom. The minimum absolute atomic E-state index is 0.708. The summed E-state index contributed by atoms with van der Waals surface area (Å²) in [5, 5.41) is 6.58. The first-order valence-electron chi connectivity index (χ1n) is 5.84. The summed E-state index contributed by atoms with van der Waals surface area (Å²) in [6.07, 6.45) is 1.78. The lowest BCUT2D eigenvalue weighted by molar-refractivity contribution is 1.19. The molecule has 0 aliphatic rings. The molecule has 0 aliphatic heterocycles. The molecule has 3 N–H and O–H groups in total. The Balaban J connectivity index is 1.91. The van der Waals surface area contributed by atoms with E-state index in [1.54, 1.807) is 17.5 Å². The summed E-state index contributed by atoms with van der Waals surface area (Å²) < 4.78 is 1.12. The Kier molecular flexibility index (Phi) is 3.40. The van der Waals surface area contributed by atoms with Crippen molar-refractivity contribution in [2.45, 2.75) is 6.54 Å². The molecule has 1 aromatic carbocycles. The maximum absolute atomic E-state index is 5.94. The predicted molar refractivity (Wildman–Crippen MR) is 85.5 cm³/mol. The van der Waals surface area contributed by atoms with Gasteiger partial charge in [-0.3, -0.25) is 4.98 Å². The summed E-state index contributed by atoms with van der Waals surface area (Å²) >= 11 is 5.19. The van der Waals surface area contributed by atoms with E-state index in [2.05, 4.69) is 37.7 Å². The van der Waals surface area contributed by atoms with Gasteiger partial charge in [0.15, 0.2) is 0 Å². The van der Waals surface area contributed by atoms with Crippen LogP contribution < -0.4 is 11.1 Å². The number of nitrogen functional groups attached to an aromatic ring is 1. The van der Waals surface area contributed by atoms with Gasteiger partial charge in [-0.2, -0.15) is 0 Å². The highest BCUT2D eigenvalue weighted by molar-refractivity contribution is 9.10. The number of hydrogen-bond donors (Lipinski definition) is 2. The topological polar surface area (TPSA) is 50.9 Å². The molecule has 0 radical (unpaired) electrons. The van der Waals surface area contributed by atoms with E-state index in [9.17, 15) is 0 Å². The zero-order valence-electron chi connectivity index (χ0n) is 10.1. The molecule has 0 unspecified atom stereocenters. The largest absolute Gasteiger partial charge is 0.397 e. The van der Waals surface area contributed by atoms with Crippen LogP contribution in [0.1, 0.15) is 4.88 Å². The van der Waals surface area contributed by atoms with Gasteiger partial charge in [0.05, 0.1) is 11.2 Å². The monoisotopic (exact) mass is 333 g/mol. The van der Waals surface area contributed by atoms with Crippen molar-refractivity contribution in [3.63, 3.8) is 0 Å². The molecule has 3 rings (SSSR count). The van der Waals surface area contributed by atoms with Crippen molar-refractivity contribution in [3.8, 4) is 0 Å². The first-order chi connectivity index (χ1) is 9.24. The summed E-state index contributed by atoms with van der Waals surface area (Å²) in [6.45, 7) is 0.796. The van der Waals surface area contributed by atoms with Crippen LogP contribution in [0, 0.1) is 0 Å². The second-order valence-electron chi connectivity index (χ2n) is 4.19. The van der Waals surface area contributed by atoms with Gasteiger partial charge in [-0.1, -0.05) is 12.1 Å². The summed E-state index contributed by atoms with van der Waals surface area (Å²) in [5.41, 5.74) is 8.55. The molecule has 0 spiro atoms. The molecule has 3 nitrogen and oxygen atoms in total. The lowest BCUT2D eigenvalue weighted by atomic mass is 10.1. The van der Waals surface area contributed by atoms with E-state index in [4.69, 9.17) is 5.73 Å². The van der Waals surface area contributed by atoms with Crippen molar-refractivity contribution in [3.05, 3.63) is 51.3 Å². The van der Waals surface area contributed by atoms with E-state index in [1.807, 2.05) is 24.3 Å². The van der Waals surface area contributed by atoms with Gasteiger partial charge in [0.1, 0.15) is 0 Å². The number of para-hydroxylation sites is 1. The Bertz CT molecular complexity index is 724. The minimum atomic E-state index is 0.708. The van der Waals surface area contributed by atoms with E-state index >= 15 is 0 Å². The highest BCUT2D eigenvalue weighted by Gasteiger charge is 2.04. The van der Waals surface area contributed by atoms with Gasteiger partial charge in [-0.15, -0.1) is 11.3 Å². The van der Waals surface area contributed by atoms with E-state index in [1.165, 1.54) is 4.88 Å². The maximum atomic E-state index is 5.94. The summed E-state index contributed by atoms with van der Waals surface area (Å²) in [4.78, 5) is 5.61. The van der Waals surface area contributed by atoms with E-state index in [0.29, 0.717) is 5.69 Å². The fourth-order valence-corrected chi connectivity index (χ4v) is 3.37. The highest BCUT2D eigenvalue weighted by Crippen LogP contribution is 2.27. The summed E-state index contributed by atoms with van der Waals surface area (Å²) in [7, 11) is 0. The van der Waals surface area contributed by atoms with Crippen LogP contribution in [0.2, 0.25) is 0 Å². The molecule has 3 aromatic rings. The van der Waals surface area contributed by atoms with Crippen LogP contribution in [0.4, 0.5) is 11.4 Å². The smallest absolute Gasteiger partial charge is 0.0951 e. The number of pyridine rings is 1. The molecular formula is C14H12BrN3S. The Labute approximate surface area is 123 Å². The number of hydrogen-bond acceptors (Lipinski definition) is 4. The first kappa shape index (κ1) is 12.4. The zero-order valence-corrected chi connectivity index (χ0v) is 12.5. The number of nitrogens with zero attached hydrogens (tertiary/aromatic N) is 1. The molecule has 0 bridgehead atoms. The standard InChI is InChI=1S/C14H12BrN3S/c15-9-6-10(19-8-9)7-18-13-4-5-17-14-11(13)2-1-3-12(14)16/h1-6,8H,7,16H2,(H,17,18). The second-order valence-corrected chi connectivity index (χ2v) is 6.10. The average molecular weight is 334 g/mol. The molecule has 0 saturated heterocycles. The number of halogens is 1. The van der Waals surface area contributed by atoms with E-state index < -0.39 is 0 Å². The molecule has 2 aromatic heterocycles. The third-order valence-corrected chi connectivity index (χ3v) is 4.57. The third kappa shape index (κ3) is 2.57. The number of nitrogens with one attached hydrogen (secondary N) is 1. The van der Waals surface area contributed by atoms with Gasteiger partial charge < -0.3 is 11.1 Å². The number of rotatable bonds is 3. The summed E-state index contributed by atoms with van der Waals surface area (Å²) in [5.74, 6) is 0. The molecule has 0 amide bonds. The molecule has 0 aliphatic carbocycles. The molecule has 96 valence electrons. The number of benzene rings is 1. The van der Waals surface area contributed by atoms with E-state index in [-0.39, 0.29) is 0 Å². The fraction of sp³-hybridized carbons (Fsp3) is 0.0714. The van der Waals surface area contributed by atoms with Crippen molar-refractivity contribution in [1.82, 2.24) is 4.98 Å². The van der Waals surface area contributed by atoms with Crippen LogP contribution in [0.3, 0.4) is 0 Å². The molecule has 0 saturated carbocycles. The van der Waals surface area contributed by atoms with Gasteiger partial charge in [-0.25, -0.2) is 0 Å². The number of thiophene rings is 1. The third-order valence-electron chi connectivity index (χ3n) is 2.88. The Morgan fingerprint density at radius 2 is 2.21 bits per heavy atom. The van der Waals surface area contributed by atoms with Crippen molar-refractivity contribution < 1.29 is 0 Å². The van der Waals surface area contributed by atoms with Gasteiger partial charge in [0, 0.05) is 38.5 Å². The van der Waals surface area contributed by atoms with Gasteiger partial charge in [-0.05, 0) is 34.1 Å². The Morgan fingerprint density at radius 1 is 1.32 bits per heavy atom. The predicted octanol–water partition coefficient (Wildman–Crippen LogP) is 4.25. The Hall–Kier alpha value is -1.59. The number of aromatic nitrogens is 1. The molecule has 0 atom stereocenters. The van der Waals surface area contributed by atoms with Crippen LogP contribution in [0.5, 0.6) is 0 Å². The average Bonchev–Trinajstić information content (AvgIpc) is 2.83. The van der Waals surface area contributed by atoms with Crippen molar-refractivity contribution in [2.75, 3.05) is 11.1 Å². The normalized spacial score (nSPS) is 10.8. The summed E-state index contributed by atoms with van der Waals surface area (Å²) in [6, 6.07) is 9.95. The van der Waals surface area contributed by atoms with Gasteiger partial charge >= 0.3 is 0 Å². The molecule has 0 fully saturated rings. The van der Waals surface area contributed by atoms with Crippen molar-refractivity contribution >= 4 is 49.5 Å². The van der Waals surface area contributed by atoms with Gasteiger partial charge in [0.2, 0.25) is 0 Å². The zero-order chi connectivity index (χ0) is 13.2. The lowest BCUT2D eigenvalue weighted by Gasteiger charge is -2.09. The lowest BCUT2D eigenvalue weighted by Crippen LogP contribution is -1.99. The molecule has 5 heteroatoms. The van der Waals surface area contributed by atoms with Crippen LogP contribution in [0.25, 0.3) is 10.9 Å². The van der Waals surface area contributed by atoms with Crippen LogP contribution >= 0.6 is 27.3 Å². The highest BCUT2D eigenvalue weighted by atomic mass is 79.9. The SMILES string of the molecule is Nc1cccc2c(NCc3cc(Br)cs3)ccnc12. The molecule has 2 heterocycles. The molecule has 19 heavy (non-hydrogen) atoms. The number of anilines is 2. The van der Waals surface area contributed by atoms with Crippen LogP contribution in [0.15, 0.2) is 46.4 Å². The van der Waals surface area contributed by atoms with Crippen molar-refractivity contribution in [1.29, 1.82) is 0 Å². The van der Waals surface area contributed by atoms with Gasteiger partial charge in [0.25, 0.3) is 0 Å². The first-order valence-corrected chi connectivity index (χ1v) is 7.51. The number of nitrogens with two attached hydrogens (primary N) is 1. The maximum Gasteiger partial charge on any atom is 0.0951 e. The minimum Gasteiger partial charge on any atom is -0.397 e. The van der Waals surface area contributed by atoms with Crippen LogP contribution in [-0.2, 0) is 6.54 Å². The number of fused-ring (bicyclic) bond motifs is 1. The quantitative estimate of drug-likeness (QED) is 0.704. The molecular weight excluding hydrogens is 322 g/mol. The fourth-order valence-electron chi connectivity index (χ4n) is 1.98. The second kappa shape index (κ2) is 5.19. The van der Waals surface area contributed by atoms with Crippen LogP contribution in [-0.4, -0.2) is 4.98 Å².